The van der Waals surface area contributed by atoms with E-state index in [1.807, 2.05) is 11.3 Å². The molecule has 3 nitrogen and oxygen atoms in total. The first-order valence-corrected chi connectivity index (χ1v) is 9.85. The Labute approximate surface area is 159 Å². The molecule has 0 unspecified atom stereocenters. The van der Waals surface area contributed by atoms with Crippen LogP contribution in [0.1, 0.15) is 11.3 Å². The van der Waals surface area contributed by atoms with Crippen LogP contribution >= 0.6 is 11.3 Å². The van der Waals surface area contributed by atoms with Crippen molar-refractivity contribution in [2.45, 2.75) is 13.0 Å². The standard InChI is InChI=1S/C22H24N2OS/c1-24(2)12-7-13-25-15-16-14-19-17-8-3-5-10-20(17)23-21-11-6-4-9-18(21)22(19)26-16/h3-6,8-11,14,23H,7,12-13,15H2,1-2H3. The number of anilines is 2. The predicted octanol–water partition coefficient (Wildman–Crippen LogP) is 5.61. The van der Waals surface area contributed by atoms with Gasteiger partial charge in [-0.25, -0.2) is 0 Å². The van der Waals surface area contributed by atoms with E-state index in [0.717, 1.165) is 25.3 Å². The molecule has 3 aromatic rings. The molecule has 0 bridgehead atoms. The molecule has 0 amide bonds. The molecule has 4 rings (SSSR count). The molecule has 0 saturated carbocycles. The molecule has 1 aromatic heterocycles. The van der Waals surface area contributed by atoms with Gasteiger partial charge in [0.25, 0.3) is 0 Å². The van der Waals surface area contributed by atoms with Crippen LogP contribution in [-0.2, 0) is 11.3 Å². The van der Waals surface area contributed by atoms with E-state index in [9.17, 15) is 0 Å². The molecule has 0 spiro atoms. The predicted molar refractivity (Wildman–Crippen MR) is 111 cm³/mol. The molecular weight excluding hydrogens is 340 g/mol. The number of fused-ring (bicyclic) bond motifs is 5. The average molecular weight is 365 g/mol. The lowest BCUT2D eigenvalue weighted by molar-refractivity contribution is 0.115. The Morgan fingerprint density at radius 3 is 2.38 bits per heavy atom. The first kappa shape index (κ1) is 17.3. The Hall–Kier alpha value is -2.14. The minimum Gasteiger partial charge on any atom is -0.376 e. The van der Waals surface area contributed by atoms with Gasteiger partial charge in [0.1, 0.15) is 0 Å². The van der Waals surface area contributed by atoms with Crippen LogP contribution in [0.4, 0.5) is 11.4 Å². The molecule has 1 N–H and O–H groups in total. The van der Waals surface area contributed by atoms with Crippen LogP contribution in [0.3, 0.4) is 0 Å². The fourth-order valence-corrected chi connectivity index (χ4v) is 4.48. The van der Waals surface area contributed by atoms with Crippen LogP contribution in [0, 0.1) is 0 Å². The van der Waals surface area contributed by atoms with Gasteiger partial charge in [0.15, 0.2) is 0 Å². The van der Waals surface area contributed by atoms with E-state index in [4.69, 9.17) is 4.74 Å². The normalized spacial score (nSPS) is 12.1. The summed E-state index contributed by atoms with van der Waals surface area (Å²) in [7, 11) is 4.19. The van der Waals surface area contributed by atoms with Crippen molar-refractivity contribution in [3.05, 3.63) is 59.5 Å². The van der Waals surface area contributed by atoms with Crippen molar-refractivity contribution in [2.75, 3.05) is 32.6 Å². The summed E-state index contributed by atoms with van der Waals surface area (Å²) in [5, 5.41) is 3.60. The Morgan fingerprint density at radius 2 is 1.62 bits per heavy atom. The Kier molecular flexibility index (Phi) is 5.07. The van der Waals surface area contributed by atoms with Gasteiger partial charge >= 0.3 is 0 Å². The summed E-state index contributed by atoms with van der Waals surface area (Å²) in [6.45, 7) is 2.55. The average Bonchev–Trinajstić information content (AvgIpc) is 3.01. The SMILES string of the molecule is CN(C)CCCOCc1cc2c(s1)-c1ccccc1Nc1ccccc1-2. The van der Waals surface area contributed by atoms with Crippen LogP contribution in [0.2, 0.25) is 0 Å². The summed E-state index contributed by atoms with van der Waals surface area (Å²) >= 11 is 1.84. The maximum Gasteiger partial charge on any atom is 0.0809 e. The fourth-order valence-electron chi connectivity index (χ4n) is 3.33. The lowest BCUT2D eigenvalue weighted by Crippen LogP contribution is -2.14. The van der Waals surface area contributed by atoms with Crippen LogP contribution in [0.5, 0.6) is 0 Å². The van der Waals surface area contributed by atoms with Crippen LogP contribution in [0.15, 0.2) is 54.6 Å². The number of rotatable bonds is 6. The van der Waals surface area contributed by atoms with E-state index in [0.29, 0.717) is 6.61 Å². The van der Waals surface area contributed by atoms with E-state index in [1.54, 1.807) is 0 Å². The first-order chi connectivity index (χ1) is 12.7. The zero-order valence-corrected chi connectivity index (χ0v) is 16.1. The summed E-state index contributed by atoms with van der Waals surface area (Å²) in [4.78, 5) is 4.80. The Morgan fingerprint density at radius 1 is 0.923 bits per heavy atom. The van der Waals surface area contributed by atoms with Gasteiger partial charge in [-0.15, -0.1) is 11.3 Å². The highest BCUT2D eigenvalue weighted by molar-refractivity contribution is 7.16. The molecule has 0 atom stereocenters. The van der Waals surface area contributed by atoms with E-state index < -0.39 is 0 Å². The second-order valence-corrected chi connectivity index (χ2v) is 8.02. The molecule has 1 aliphatic heterocycles. The summed E-state index contributed by atoms with van der Waals surface area (Å²) in [6, 6.07) is 19.4. The number of hydrogen-bond acceptors (Lipinski definition) is 4. The fraction of sp³-hybridized carbons (Fsp3) is 0.273. The largest absolute Gasteiger partial charge is 0.376 e. The van der Waals surface area contributed by atoms with Gasteiger partial charge in [0.05, 0.1) is 6.61 Å². The van der Waals surface area contributed by atoms with Crippen molar-refractivity contribution < 1.29 is 4.74 Å². The van der Waals surface area contributed by atoms with E-state index >= 15 is 0 Å². The van der Waals surface area contributed by atoms with Crippen LogP contribution in [0.25, 0.3) is 21.6 Å². The van der Waals surface area contributed by atoms with E-state index in [2.05, 4.69) is 78.9 Å². The summed E-state index contributed by atoms with van der Waals surface area (Å²) < 4.78 is 5.92. The highest BCUT2D eigenvalue weighted by Gasteiger charge is 2.21. The van der Waals surface area contributed by atoms with Gasteiger partial charge in [-0.1, -0.05) is 36.4 Å². The monoisotopic (exact) mass is 364 g/mol. The smallest absolute Gasteiger partial charge is 0.0809 e. The van der Waals surface area contributed by atoms with Gasteiger partial charge in [0.2, 0.25) is 0 Å². The Balaban J connectivity index is 1.62. The number of hydrogen-bond donors (Lipinski definition) is 1. The third-order valence-electron chi connectivity index (χ3n) is 4.58. The maximum atomic E-state index is 5.92. The second-order valence-electron chi connectivity index (χ2n) is 6.88. The van der Waals surface area contributed by atoms with Gasteiger partial charge in [-0.3, -0.25) is 0 Å². The third kappa shape index (κ3) is 3.54. The lowest BCUT2D eigenvalue weighted by Gasteiger charge is -2.10. The molecule has 0 fully saturated rings. The zero-order chi connectivity index (χ0) is 17.9. The molecule has 2 aromatic carbocycles. The molecule has 0 aliphatic carbocycles. The highest BCUT2D eigenvalue weighted by atomic mass is 32.1. The van der Waals surface area contributed by atoms with Crippen molar-refractivity contribution in [3.8, 4) is 21.6 Å². The van der Waals surface area contributed by atoms with Gasteiger partial charge < -0.3 is 15.0 Å². The first-order valence-electron chi connectivity index (χ1n) is 9.03. The quantitative estimate of drug-likeness (QED) is 0.450. The van der Waals surface area contributed by atoms with Crippen molar-refractivity contribution in [3.63, 3.8) is 0 Å². The second kappa shape index (κ2) is 7.62. The number of ether oxygens (including phenoxy) is 1. The third-order valence-corrected chi connectivity index (χ3v) is 5.72. The van der Waals surface area contributed by atoms with Gasteiger partial charge in [-0.05, 0) is 45.3 Å². The van der Waals surface area contributed by atoms with Gasteiger partial charge in [-0.2, -0.15) is 0 Å². The Bertz CT molecular complexity index is 838. The molecular formula is C22H24N2OS. The van der Waals surface area contributed by atoms with Crippen molar-refractivity contribution in [1.82, 2.24) is 4.90 Å². The summed E-state index contributed by atoms with van der Waals surface area (Å²) in [6.07, 6.45) is 1.06. The molecule has 0 saturated heterocycles. The molecule has 1 aliphatic rings. The topological polar surface area (TPSA) is 24.5 Å². The number of nitrogens with zero attached hydrogens (tertiary/aromatic N) is 1. The number of benzene rings is 2. The van der Waals surface area contributed by atoms with Crippen molar-refractivity contribution in [1.29, 1.82) is 0 Å². The minimum atomic E-state index is 0.683. The zero-order valence-electron chi connectivity index (χ0n) is 15.3. The minimum absolute atomic E-state index is 0.683. The molecule has 0 radical (unpaired) electrons. The van der Waals surface area contributed by atoms with Crippen molar-refractivity contribution >= 4 is 22.7 Å². The van der Waals surface area contributed by atoms with E-state index in [-0.39, 0.29) is 0 Å². The molecule has 2 heterocycles. The number of nitrogens with one attached hydrogen (secondary N) is 1. The summed E-state index contributed by atoms with van der Waals surface area (Å²) in [5.41, 5.74) is 6.15. The number of para-hydroxylation sites is 2. The molecule has 134 valence electrons. The lowest BCUT2D eigenvalue weighted by atomic mass is 10.0. The maximum absolute atomic E-state index is 5.92. The highest BCUT2D eigenvalue weighted by Crippen LogP contribution is 2.48. The van der Waals surface area contributed by atoms with Crippen LogP contribution in [-0.4, -0.2) is 32.1 Å². The van der Waals surface area contributed by atoms with Crippen LogP contribution < -0.4 is 5.32 Å². The van der Waals surface area contributed by atoms with E-state index in [1.165, 1.54) is 32.1 Å². The molecule has 26 heavy (non-hydrogen) atoms. The van der Waals surface area contributed by atoms with Gasteiger partial charge in [0, 0.05) is 44.4 Å². The van der Waals surface area contributed by atoms with Crippen molar-refractivity contribution in [2.24, 2.45) is 0 Å². The number of thiophene rings is 1. The summed E-state index contributed by atoms with van der Waals surface area (Å²) in [5.74, 6) is 0. The molecule has 4 heteroatoms.